The van der Waals surface area contributed by atoms with Crippen LogP contribution in [0.4, 0.5) is 20.2 Å². The first kappa shape index (κ1) is 77.9. The third-order valence-electron chi connectivity index (χ3n) is 28.1. The molecule has 0 aromatic heterocycles. The van der Waals surface area contributed by atoms with Crippen LogP contribution in [0, 0.1) is 35.5 Å². The molecule has 8 aliphatic heterocycles. The Kier molecular flexibility index (Phi) is 22.7. The van der Waals surface area contributed by atoms with Gasteiger partial charge in [-0.1, -0.05) is 73.5 Å². The molecule has 2 amide bonds. The number of rotatable bonds is 6. The number of fused-ring (bicyclic) bond motifs is 10. The Morgan fingerprint density at radius 2 is 0.963 bits per heavy atom. The molecule has 588 valence electrons. The number of nitrogens with zero attached hydrogens (tertiary/aromatic N) is 6. The number of methoxy groups -OCH3 is 2. The largest absolute Gasteiger partial charge is 0.490 e. The minimum atomic E-state index is -3.98. The second-order valence-corrected chi connectivity index (χ2v) is 39.4. The molecule has 18 nitrogen and oxygen atoms in total. The van der Waals surface area contributed by atoms with Crippen LogP contribution in [0.2, 0.25) is 10.0 Å². The molecule has 0 unspecified atom stereocenters. The van der Waals surface area contributed by atoms with Gasteiger partial charge in [-0.15, -0.1) is 0 Å². The molecule has 12 aliphatic rings. The highest BCUT2D eigenvalue weighted by molar-refractivity contribution is 7.91. The topological polar surface area (TPSA) is 183 Å². The summed E-state index contributed by atoms with van der Waals surface area (Å²) in [6.07, 6.45) is 20.6. The van der Waals surface area contributed by atoms with Crippen molar-refractivity contribution >= 4 is 66.4 Å². The van der Waals surface area contributed by atoms with E-state index in [4.69, 9.17) is 42.1 Å². The number of anilines is 2. The standard InChI is InChI=1S/2C42H56ClFN4O5S/c2*1-28-6-4-16-42(52-3,26-46-18-19-47-17-14-34(44)22-35(47)24-46)37-11-8-32(37)23-48-25-41(15-5-7-30-20-33(43)10-12-36(30)41)27-53-39-13-9-31(21-38(39)48)40(49)45-54(50,51)29(28)2/h2*4,9-10,12-13,16,20-21,28-29,32,34-35,37H,5-8,11,14-15,17-19,22-27H2,1-3H3,(H,45,49)/b2*16-4+/t28-,29+,32-,34-,35+,37+,41-,42+;28-,29+,32-,34-,35-,37+,41-,42+/m00/s1. The molecule has 16 rings (SSSR count). The van der Waals surface area contributed by atoms with Crippen molar-refractivity contribution in [3.63, 3.8) is 0 Å². The van der Waals surface area contributed by atoms with Crippen molar-refractivity contribution in [3.05, 3.63) is 141 Å². The molecule has 6 fully saturated rings. The molecular formula is C84H112Cl2F2N8O10S2. The fraction of sp³-hybridized carbons (Fsp3) is 0.643. The maximum absolute atomic E-state index is 14.6. The fourth-order valence-electron chi connectivity index (χ4n) is 21.0. The van der Waals surface area contributed by atoms with Crippen LogP contribution in [0.15, 0.2) is 97.1 Å². The lowest BCUT2D eigenvalue weighted by Gasteiger charge is -2.53. The molecule has 2 saturated carbocycles. The molecule has 8 heterocycles. The van der Waals surface area contributed by atoms with E-state index >= 15 is 0 Å². The Bertz CT molecular complexity index is 4030. The Balaban J connectivity index is 0.000000172. The van der Waals surface area contributed by atoms with Crippen molar-refractivity contribution < 1.29 is 54.2 Å². The first-order chi connectivity index (χ1) is 51.8. The second-order valence-electron chi connectivity index (χ2n) is 34.5. The average Bonchev–Trinajstić information content (AvgIpc) is 1.15. The maximum atomic E-state index is 14.6. The number of allylic oxidation sites excluding steroid dienone is 2. The summed E-state index contributed by atoms with van der Waals surface area (Å²) >= 11 is 13.0. The molecule has 4 saturated heterocycles. The monoisotopic (exact) mass is 1560 g/mol. The van der Waals surface area contributed by atoms with Gasteiger partial charge in [0, 0.05) is 150 Å². The summed E-state index contributed by atoms with van der Waals surface area (Å²) in [5, 5.41) is -0.140. The number of carbonyl (C=O) groups excluding carboxylic acids is 2. The highest BCUT2D eigenvalue weighted by Crippen LogP contribution is 2.53. The predicted octanol–water partition coefficient (Wildman–Crippen LogP) is 12.8. The number of hydrogen-bond donors (Lipinski definition) is 2. The van der Waals surface area contributed by atoms with E-state index < -0.39 is 65.9 Å². The van der Waals surface area contributed by atoms with Gasteiger partial charge in [-0.3, -0.25) is 29.2 Å². The van der Waals surface area contributed by atoms with E-state index in [1.807, 2.05) is 64.5 Å². The van der Waals surface area contributed by atoms with E-state index in [0.29, 0.717) is 112 Å². The molecule has 4 aromatic carbocycles. The maximum Gasteiger partial charge on any atom is 0.264 e. The number of benzene rings is 4. The van der Waals surface area contributed by atoms with E-state index in [1.165, 1.54) is 22.3 Å². The Labute approximate surface area is 649 Å². The summed E-state index contributed by atoms with van der Waals surface area (Å²) < 4.78 is 115. The van der Waals surface area contributed by atoms with Gasteiger partial charge in [-0.05, 0) is 235 Å². The van der Waals surface area contributed by atoms with Crippen molar-refractivity contribution in [2.24, 2.45) is 35.5 Å². The molecule has 4 aromatic rings. The van der Waals surface area contributed by atoms with E-state index in [-0.39, 0.29) is 46.6 Å². The summed E-state index contributed by atoms with van der Waals surface area (Å²) in [5.41, 5.74) is 5.45. The molecule has 4 bridgehead atoms. The highest BCUT2D eigenvalue weighted by atomic mass is 35.5. The Morgan fingerprint density at radius 1 is 0.537 bits per heavy atom. The Hall–Kier alpha value is -5.40. The van der Waals surface area contributed by atoms with Crippen molar-refractivity contribution in [2.45, 2.75) is 187 Å². The zero-order chi connectivity index (χ0) is 75.7. The van der Waals surface area contributed by atoms with E-state index in [0.717, 1.165) is 151 Å². The van der Waals surface area contributed by atoms with E-state index in [2.05, 4.69) is 87.4 Å². The molecule has 24 heteroatoms. The number of ether oxygens (including phenoxy) is 4. The van der Waals surface area contributed by atoms with Crippen molar-refractivity contribution in [3.8, 4) is 11.5 Å². The lowest BCUT2D eigenvalue weighted by Crippen LogP contribution is -2.62. The molecule has 108 heavy (non-hydrogen) atoms. The van der Waals surface area contributed by atoms with Crippen molar-refractivity contribution in [2.75, 3.05) is 129 Å². The summed E-state index contributed by atoms with van der Waals surface area (Å²) in [6, 6.07) is 23.6. The van der Waals surface area contributed by atoms with Crippen LogP contribution < -0.4 is 28.7 Å². The molecule has 16 atom stereocenters. The number of nitrogens with one attached hydrogen (secondary N) is 2. The first-order valence-corrected chi connectivity index (χ1v) is 44.0. The van der Waals surface area contributed by atoms with Crippen LogP contribution in [0.1, 0.15) is 161 Å². The number of alkyl halides is 2. The molecular weight excluding hydrogens is 1450 g/mol. The minimum Gasteiger partial charge on any atom is -0.490 e. The van der Waals surface area contributed by atoms with Crippen molar-refractivity contribution in [1.82, 2.24) is 29.0 Å². The van der Waals surface area contributed by atoms with Gasteiger partial charge < -0.3 is 28.7 Å². The Morgan fingerprint density at radius 3 is 1.36 bits per heavy atom. The number of hydrogen-bond acceptors (Lipinski definition) is 16. The normalized spacial score (nSPS) is 36.4. The van der Waals surface area contributed by atoms with Crippen molar-refractivity contribution in [1.29, 1.82) is 0 Å². The number of piperazine rings is 2. The number of sulfonamides is 2. The van der Waals surface area contributed by atoms with Crippen LogP contribution in [0.5, 0.6) is 11.5 Å². The smallest absolute Gasteiger partial charge is 0.264 e. The van der Waals surface area contributed by atoms with Gasteiger partial charge >= 0.3 is 0 Å². The van der Waals surface area contributed by atoms with Gasteiger partial charge in [0.1, 0.15) is 35.0 Å². The van der Waals surface area contributed by atoms with E-state index in [1.54, 1.807) is 26.0 Å². The zero-order valence-electron chi connectivity index (χ0n) is 63.9. The summed E-state index contributed by atoms with van der Waals surface area (Å²) in [7, 11) is -4.33. The first-order valence-electron chi connectivity index (χ1n) is 40.2. The summed E-state index contributed by atoms with van der Waals surface area (Å²) in [4.78, 5) is 42.0. The lowest BCUT2D eigenvalue weighted by molar-refractivity contribution is -0.102. The molecule has 2 spiro atoms. The summed E-state index contributed by atoms with van der Waals surface area (Å²) in [5.74, 6) is 0.613. The van der Waals surface area contributed by atoms with Crippen LogP contribution in [0.3, 0.4) is 0 Å². The minimum absolute atomic E-state index is 0.203. The number of piperidine rings is 2. The predicted molar refractivity (Wildman–Crippen MR) is 422 cm³/mol. The van der Waals surface area contributed by atoms with Gasteiger partial charge in [0.25, 0.3) is 11.8 Å². The molecule has 4 aliphatic carbocycles. The second kappa shape index (κ2) is 31.5. The fourth-order valence-corrected chi connectivity index (χ4v) is 23.9. The van der Waals surface area contributed by atoms with Gasteiger partial charge in [-0.2, -0.15) is 0 Å². The number of halogens is 4. The molecule has 2 N–H and O–H groups in total. The molecule has 0 radical (unpaired) electrons. The highest BCUT2D eigenvalue weighted by Gasteiger charge is 2.54. The van der Waals surface area contributed by atoms with Gasteiger partial charge in [-0.25, -0.2) is 35.1 Å². The van der Waals surface area contributed by atoms with Gasteiger partial charge in [0.15, 0.2) is 0 Å². The van der Waals surface area contributed by atoms with Crippen LogP contribution >= 0.6 is 23.2 Å². The third kappa shape index (κ3) is 15.6. The summed E-state index contributed by atoms with van der Waals surface area (Å²) in [6.45, 7) is 19.4. The van der Waals surface area contributed by atoms with E-state index in [9.17, 15) is 35.2 Å². The van der Waals surface area contributed by atoms with Crippen LogP contribution in [-0.4, -0.2) is 213 Å². The zero-order valence-corrected chi connectivity index (χ0v) is 67.0. The van der Waals surface area contributed by atoms with Crippen LogP contribution in [0.25, 0.3) is 0 Å². The lowest BCUT2D eigenvalue weighted by atomic mass is 9.63. The quantitative estimate of drug-likeness (QED) is 0.174. The van der Waals surface area contributed by atoms with Gasteiger partial charge in [0.2, 0.25) is 20.0 Å². The van der Waals surface area contributed by atoms with Gasteiger partial charge in [0.05, 0.1) is 35.1 Å². The third-order valence-corrected chi connectivity index (χ3v) is 32.4. The number of aryl methyl sites for hydroxylation is 2. The number of amides is 2. The van der Waals surface area contributed by atoms with Crippen LogP contribution in [-0.2, 0) is 53.2 Å². The number of carbonyl (C=O) groups is 2. The average molecular weight is 1570 g/mol. The SMILES string of the molecule is CO[C@@]1(CN2CCN3CC[C@H](F)C[C@@H]3C2)/C=C/C[C@H](C)[C@@H](C)S(=O)(=O)NC(=O)c2ccc3c(c2)N(C[C@@H]2CC[C@H]21)C[C@@]1(CCCc2cc(Cl)ccc21)CO3.CO[C@@]1(CN2CCN3CC[C@H](F)C[C@H]3C2)/C=C/C[C@H](C)[C@@H](C)S(=O)(=O)NC(=O)c2ccc3c(c2)N(C[C@@H]2CC[C@H]21)C[C@@]1(CCCc2cc(Cl)ccc21)CO3.